The van der Waals surface area contributed by atoms with Crippen LogP contribution in [0.5, 0.6) is 0 Å². The van der Waals surface area contributed by atoms with Gasteiger partial charge in [-0.3, -0.25) is 4.18 Å². The number of rotatable bonds is 6. The lowest BCUT2D eigenvalue weighted by Crippen LogP contribution is -2.16. The monoisotopic (exact) mass is 307 g/mol. The van der Waals surface area contributed by atoms with E-state index in [4.69, 9.17) is 4.18 Å². The van der Waals surface area contributed by atoms with Gasteiger partial charge in [-0.2, -0.15) is 8.42 Å². The van der Waals surface area contributed by atoms with E-state index >= 15 is 0 Å². The fraction of sp³-hybridized carbons (Fsp3) is 0.375. The minimum absolute atomic E-state index is 0.217. The molecule has 0 heterocycles. The van der Waals surface area contributed by atoms with Gasteiger partial charge in [-0.15, -0.1) is 0 Å². The summed E-state index contributed by atoms with van der Waals surface area (Å²) in [6.07, 6.45) is 1.62. The van der Waals surface area contributed by atoms with Crippen molar-refractivity contribution < 1.29 is 12.6 Å². The highest BCUT2D eigenvalue weighted by Crippen LogP contribution is 2.33. The van der Waals surface area contributed by atoms with Crippen molar-refractivity contribution in [2.24, 2.45) is 0 Å². The molecule has 4 nitrogen and oxygen atoms in total. The number of benzene rings is 2. The molecule has 2 aromatic carbocycles. The second-order valence-corrected chi connectivity index (χ2v) is 6.71. The average molecular weight is 307 g/mol. The maximum atomic E-state index is 12.6. The van der Waals surface area contributed by atoms with Crippen LogP contribution in [0.4, 0.5) is 5.69 Å². The first-order valence-electron chi connectivity index (χ1n) is 7.06. The van der Waals surface area contributed by atoms with E-state index in [-0.39, 0.29) is 11.5 Å². The van der Waals surface area contributed by atoms with Gasteiger partial charge < -0.3 is 4.90 Å². The standard InChI is InChI=1S/C16H21NO3S/c1-4-5-12-20-21(18,19)16-14-9-7-6-8-13(14)10-11-15(16)17(2)3/h6-11H,4-5,12H2,1-3H3. The summed E-state index contributed by atoms with van der Waals surface area (Å²) in [7, 11) is -0.119. The second-order valence-electron chi connectivity index (χ2n) is 5.16. The molecule has 0 unspecified atom stereocenters. The third kappa shape index (κ3) is 3.36. The van der Waals surface area contributed by atoms with Gasteiger partial charge in [-0.05, 0) is 17.9 Å². The Hall–Kier alpha value is -1.59. The number of hydrogen-bond donors (Lipinski definition) is 0. The predicted octanol–water partition coefficient (Wildman–Crippen LogP) is 3.41. The van der Waals surface area contributed by atoms with E-state index < -0.39 is 10.1 Å². The summed E-state index contributed by atoms with van der Waals surface area (Å²) in [5.74, 6) is 0. The molecule has 2 aromatic rings. The second kappa shape index (κ2) is 6.45. The lowest BCUT2D eigenvalue weighted by Gasteiger charge is -2.19. The SMILES string of the molecule is CCCCOS(=O)(=O)c1c(N(C)C)ccc2ccccc12. The van der Waals surface area contributed by atoms with Gasteiger partial charge >= 0.3 is 0 Å². The van der Waals surface area contributed by atoms with Crippen LogP contribution in [-0.2, 0) is 14.3 Å². The maximum absolute atomic E-state index is 12.6. The first-order chi connectivity index (χ1) is 9.97. The highest BCUT2D eigenvalue weighted by molar-refractivity contribution is 7.87. The quantitative estimate of drug-likeness (QED) is 0.606. The van der Waals surface area contributed by atoms with Crippen LogP contribution >= 0.6 is 0 Å². The third-order valence-corrected chi connectivity index (χ3v) is 4.73. The summed E-state index contributed by atoms with van der Waals surface area (Å²) in [6, 6.07) is 11.2. The molecule has 21 heavy (non-hydrogen) atoms. The third-order valence-electron chi connectivity index (χ3n) is 3.33. The number of nitrogens with zero attached hydrogens (tertiary/aromatic N) is 1. The van der Waals surface area contributed by atoms with Crippen molar-refractivity contribution in [1.82, 2.24) is 0 Å². The number of unbranched alkanes of at least 4 members (excludes halogenated alkanes) is 1. The molecule has 0 aromatic heterocycles. The van der Waals surface area contributed by atoms with Crippen molar-refractivity contribution in [2.45, 2.75) is 24.7 Å². The molecule has 0 fully saturated rings. The molecular formula is C16H21NO3S. The van der Waals surface area contributed by atoms with Gasteiger partial charge in [0.15, 0.2) is 0 Å². The Morgan fingerprint density at radius 1 is 1.10 bits per heavy atom. The fourth-order valence-electron chi connectivity index (χ4n) is 2.22. The van der Waals surface area contributed by atoms with E-state index in [1.54, 1.807) is 4.90 Å². The Morgan fingerprint density at radius 2 is 1.81 bits per heavy atom. The Kier molecular flexibility index (Phi) is 4.85. The number of anilines is 1. The van der Waals surface area contributed by atoms with Crippen LogP contribution in [-0.4, -0.2) is 29.1 Å². The minimum atomic E-state index is -3.78. The molecular weight excluding hydrogens is 286 g/mol. The molecule has 2 rings (SSSR count). The van der Waals surface area contributed by atoms with E-state index in [2.05, 4.69) is 0 Å². The van der Waals surface area contributed by atoms with E-state index in [0.717, 1.165) is 18.2 Å². The van der Waals surface area contributed by atoms with Gasteiger partial charge in [-0.1, -0.05) is 43.7 Å². The molecule has 0 radical (unpaired) electrons. The molecule has 5 heteroatoms. The summed E-state index contributed by atoms with van der Waals surface area (Å²) >= 11 is 0. The zero-order valence-corrected chi connectivity index (χ0v) is 13.5. The zero-order chi connectivity index (χ0) is 15.5. The molecule has 0 aliphatic rings. The summed E-state index contributed by atoms with van der Waals surface area (Å²) < 4.78 is 30.4. The lowest BCUT2D eigenvalue weighted by atomic mass is 10.1. The molecule has 0 N–H and O–H groups in total. The van der Waals surface area contributed by atoms with Crippen LogP contribution in [0.25, 0.3) is 10.8 Å². The van der Waals surface area contributed by atoms with Crippen LogP contribution in [0.1, 0.15) is 19.8 Å². The van der Waals surface area contributed by atoms with Gasteiger partial charge in [0.1, 0.15) is 4.90 Å². The molecule has 0 saturated carbocycles. The van der Waals surface area contributed by atoms with Crippen molar-refractivity contribution in [3.63, 3.8) is 0 Å². The van der Waals surface area contributed by atoms with Gasteiger partial charge in [-0.25, -0.2) is 0 Å². The van der Waals surface area contributed by atoms with Crippen molar-refractivity contribution in [3.8, 4) is 0 Å². The number of hydrogen-bond acceptors (Lipinski definition) is 4. The first-order valence-corrected chi connectivity index (χ1v) is 8.46. The lowest BCUT2D eigenvalue weighted by molar-refractivity contribution is 0.311. The normalized spacial score (nSPS) is 11.8. The Balaban J connectivity index is 2.61. The highest BCUT2D eigenvalue weighted by atomic mass is 32.2. The molecule has 0 bridgehead atoms. The topological polar surface area (TPSA) is 46.6 Å². The fourth-order valence-corrected chi connectivity index (χ4v) is 3.64. The van der Waals surface area contributed by atoms with E-state index in [1.165, 1.54) is 0 Å². The van der Waals surface area contributed by atoms with Crippen molar-refractivity contribution in [1.29, 1.82) is 0 Å². The summed E-state index contributed by atoms with van der Waals surface area (Å²) in [5, 5.41) is 1.58. The summed E-state index contributed by atoms with van der Waals surface area (Å²) in [6.45, 7) is 2.22. The molecule has 0 spiro atoms. The predicted molar refractivity (Wildman–Crippen MR) is 86.3 cm³/mol. The molecule has 0 saturated heterocycles. The molecule has 0 aliphatic heterocycles. The van der Waals surface area contributed by atoms with Gasteiger partial charge in [0.25, 0.3) is 10.1 Å². The van der Waals surface area contributed by atoms with Crippen LogP contribution in [0.3, 0.4) is 0 Å². The molecule has 114 valence electrons. The van der Waals surface area contributed by atoms with E-state index in [1.807, 2.05) is 57.4 Å². The van der Waals surface area contributed by atoms with Crippen LogP contribution in [0.2, 0.25) is 0 Å². The smallest absolute Gasteiger partial charge is 0.299 e. The summed E-state index contributed by atoms with van der Waals surface area (Å²) in [5.41, 5.74) is 0.644. The number of fused-ring (bicyclic) bond motifs is 1. The van der Waals surface area contributed by atoms with Crippen molar-refractivity contribution in [2.75, 3.05) is 25.6 Å². The van der Waals surface area contributed by atoms with Crippen LogP contribution in [0, 0.1) is 0 Å². The zero-order valence-electron chi connectivity index (χ0n) is 12.7. The first kappa shape index (κ1) is 15.8. The van der Waals surface area contributed by atoms with Crippen molar-refractivity contribution >= 4 is 26.6 Å². The van der Waals surface area contributed by atoms with Gasteiger partial charge in [0, 0.05) is 19.5 Å². The van der Waals surface area contributed by atoms with Gasteiger partial charge in [0.05, 0.1) is 12.3 Å². The Bertz CT molecular complexity index is 723. The van der Waals surface area contributed by atoms with Crippen LogP contribution in [0.15, 0.2) is 41.3 Å². The van der Waals surface area contributed by atoms with E-state index in [9.17, 15) is 8.42 Å². The summed E-state index contributed by atoms with van der Waals surface area (Å²) in [4.78, 5) is 2.05. The Labute approximate surface area is 126 Å². The van der Waals surface area contributed by atoms with Gasteiger partial charge in [0.2, 0.25) is 0 Å². The Morgan fingerprint density at radius 3 is 2.48 bits per heavy atom. The van der Waals surface area contributed by atoms with Crippen LogP contribution < -0.4 is 4.90 Å². The molecule has 0 amide bonds. The molecule has 0 atom stereocenters. The molecule has 0 aliphatic carbocycles. The van der Waals surface area contributed by atoms with Crippen molar-refractivity contribution in [3.05, 3.63) is 36.4 Å². The maximum Gasteiger partial charge on any atom is 0.299 e. The largest absolute Gasteiger partial charge is 0.377 e. The average Bonchev–Trinajstić information content (AvgIpc) is 2.46. The minimum Gasteiger partial charge on any atom is -0.377 e. The van der Waals surface area contributed by atoms with E-state index in [0.29, 0.717) is 11.1 Å². The highest BCUT2D eigenvalue weighted by Gasteiger charge is 2.23.